The third kappa shape index (κ3) is 7.08. The van der Waals surface area contributed by atoms with Gasteiger partial charge in [0.15, 0.2) is 0 Å². The van der Waals surface area contributed by atoms with Crippen LogP contribution in [0.15, 0.2) is 42.5 Å². The van der Waals surface area contributed by atoms with E-state index in [-0.39, 0.29) is 35.3 Å². The van der Waals surface area contributed by atoms with Crippen LogP contribution < -0.4 is 44.9 Å². The third-order valence-corrected chi connectivity index (χ3v) is 4.60. The molecule has 29 heavy (non-hydrogen) atoms. The Kier molecular flexibility index (Phi) is 10.9. The predicted molar refractivity (Wildman–Crippen MR) is 108 cm³/mol. The standard InChI is InChI=1S/C20H22Cl2N2O4.Na/c1-13-2-3-15(12-17(13)24(10-8-21)11-9-22)19(26)23-18(20(27)28)14-4-6-16(25)7-5-14;/h2-7,12,18,25H,8-11H2,1H3,(H,23,26)(H,27,28);/q;+1/p-1. The first-order valence-corrected chi connectivity index (χ1v) is 9.72. The molecule has 2 rings (SSSR count). The summed E-state index contributed by atoms with van der Waals surface area (Å²) in [7, 11) is 0. The summed E-state index contributed by atoms with van der Waals surface area (Å²) in [6.07, 6.45) is 0. The summed E-state index contributed by atoms with van der Waals surface area (Å²) < 4.78 is 0. The van der Waals surface area contributed by atoms with E-state index in [1.807, 2.05) is 11.8 Å². The molecule has 0 spiro atoms. The van der Waals surface area contributed by atoms with Crippen molar-refractivity contribution in [3.05, 3.63) is 59.2 Å². The topological polar surface area (TPSA) is 92.7 Å². The molecule has 0 aromatic heterocycles. The maximum atomic E-state index is 12.7. The molecular formula is C20H21Cl2N2NaO4. The predicted octanol–water partition coefficient (Wildman–Crippen LogP) is -0.790. The molecule has 1 atom stereocenters. The first kappa shape index (κ1) is 25.6. The zero-order valence-corrected chi connectivity index (χ0v) is 19.8. The summed E-state index contributed by atoms with van der Waals surface area (Å²) in [6.45, 7) is 3.04. The van der Waals surface area contributed by atoms with Crippen molar-refractivity contribution >= 4 is 40.8 Å². The van der Waals surface area contributed by atoms with Gasteiger partial charge >= 0.3 is 29.6 Å². The summed E-state index contributed by atoms with van der Waals surface area (Å²) in [6, 6.07) is 9.27. The number of amides is 1. The SMILES string of the molecule is Cc1ccc(C(=O)NC(C(=O)[O-])c2ccc(O)cc2)cc1N(CCCl)CCCl.[Na+]. The van der Waals surface area contributed by atoms with Crippen molar-refractivity contribution in [3.8, 4) is 5.75 Å². The molecule has 2 aromatic carbocycles. The second kappa shape index (κ2) is 12.3. The van der Waals surface area contributed by atoms with E-state index >= 15 is 0 Å². The number of alkyl halides is 2. The molecule has 2 N–H and O–H groups in total. The van der Waals surface area contributed by atoms with E-state index in [2.05, 4.69) is 5.32 Å². The van der Waals surface area contributed by atoms with Crippen LogP contribution in [0.1, 0.15) is 27.5 Å². The zero-order chi connectivity index (χ0) is 20.7. The van der Waals surface area contributed by atoms with Crippen LogP contribution >= 0.6 is 23.2 Å². The number of carboxylic acid groups (broad SMARTS) is 1. The van der Waals surface area contributed by atoms with E-state index < -0.39 is 17.9 Å². The van der Waals surface area contributed by atoms with Crippen LogP contribution in [0, 0.1) is 6.92 Å². The van der Waals surface area contributed by atoms with Crippen molar-refractivity contribution < 1.29 is 49.4 Å². The fraction of sp³-hybridized carbons (Fsp3) is 0.300. The molecule has 0 fully saturated rings. The molecule has 1 amide bonds. The second-order valence-corrected chi connectivity index (χ2v) is 6.94. The van der Waals surface area contributed by atoms with Crippen molar-refractivity contribution in [2.45, 2.75) is 13.0 Å². The second-order valence-electron chi connectivity index (χ2n) is 6.18. The first-order valence-electron chi connectivity index (χ1n) is 8.65. The summed E-state index contributed by atoms with van der Waals surface area (Å²) in [4.78, 5) is 26.2. The number of phenols is 1. The number of halogens is 2. The van der Waals surface area contributed by atoms with Gasteiger partial charge in [-0.2, -0.15) is 0 Å². The quantitative estimate of drug-likeness (QED) is 0.389. The summed E-state index contributed by atoms with van der Waals surface area (Å²) in [5, 5.41) is 23.3. The van der Waals surface area contributed by atoms with Gasteiger partial charge in [0.25, 0.3) is 5.91 Å². The Morgan fingerprint density at radius 1 is 1.10 bits per heavy atom. The smallest absolute Gasteiger partial charge is 0.548 e. The Hall–Kier alpha value is -1.44. The Bertz CT molecular complexity index is 828. The molecule has 0 bridgehead atoms. The fourth-order valence-electron chi connectivity index (χ4n) is 2.81. The van der Waals surface area contributed by atoms with Crippen molar-refractivity contribution in [2.24, 2.45) is 0 Å². The summed E-state index contributed by atoms with van der Waals surface area (Å²) in [5.74, 6) is -1.20. The van der Waals surface area contributed by atoms with Gasteiger partial charge in [-0.3, -0.25) is 4.79 Å². The van der Waals surface area contributed by atoms with Gasteiger partial charge in [-0.15, -0.1) is 23.2 Å². The average molecular weight is 447 g/mol. The fourth-order valence-corrected chi connectivity index (χ4v) is 3.22. The van der Waals surface area contributed by atoms with Gasteiger partial charge in [-0.1, -0.05) is 18.2 Å². The number of nitrogens with zero attached hydrogens (tertiary/aromatic N) is 1. The molecule has 9 heteroatoms. The number of carbonyl (C=O) groups excluding carboxylic acids is 2. The summed E-state index contributed by atoms with van der Waals surface area (Å²) in [5.41, 5.74) is 2.36. The number of aryl methyl sites for hydroxylation is 1. The minimum atomic E-state index is -1.45. The van der Waals surface area contributed by atoms with Crippen LogP contribution in [0.4, 0.5) is 5.69 Å². The summed E-state index contributed by atoms with van der Waals surface area (Å²) >= 11 is 11.7. The van der Waals surface area contributed by atoms with E-state index in [9.17, 15) is 19.8 Å². The molecule has 0 aliphatic carbocycles. The molecule has 150 valence electrons. The number of hydrogen-bond donors (Lipinski definition) is 2. The Balaban J connectivity index is 0.00000420. The molecule has 6 nitrogen and oxygen atoms in total. The van der Waals surface area contributed by atoms with Gasteiger partial charge in [0, 0.05) is 36.1 Å². The number of aliphatic carboxylic acids is 1. The van der Waals surface area contributed by atoms with Crippen molar-refractivity contribution in [1.82, 2.24) is 5.32 Å². The van der Waals surface area contributed by atoms with Crippen LogP contribution in [-0.4, -0.2) is 41.8 Å². The molecule has 0 saturated heterocycles. The van der Waals surface area contributed by atoms with Crippen molar-refractivity contribution in [2.75, 3.05) is 29.7 Å². The number of anilines is 1. The maximum absolute atomic E-state index is 12.7. The maximum Gasteiger partial charge on any atom is 1.00 e. The van der Waals surface area contributed by atoms with Crippen molar-refractivity contribution in [1.29, 1.82) is 0 Å². The van der Waals surface area contributed by atoms with E-state index in [1.165, 1.54) is 24.3 Å². The Labute approximate surface area is 202 Å². The molecule has 1 unspecified atom stereocenters. The van der Waals surface area contributed by atoms with E-state index in [1.54, 1.807) is 18.2 Å². The normalized spacial score (nSPS) is 11.3. The molecule has 0 radical (unpaired) electrons. The Morgan fingerprint density at radius 2 is 1.69 bits per heavy atom. The Morgan fingerprint density at radius 3 is 2.21 bits per heavy atom. The molecule has 2 aromatic rings. The number of aromatic hydroxyl groups is 1. The van der Waals surface area contributed by atoms with Gasteiger partial charge < -0.3 is 25.2 Å². The molecule has 0 saturated carbocycles. The van der Waals surface area contributed by atoms with Gasteiger partial charge in [0.2, 0.25) is 0 Å². The van der Waals surface area contributed by atoms with Gasteiger partial charge in [0.1, 0.15) is 5.75 Å². The van der Waals surface area contributed by atoms with Crippen LogP contribution in [-0.2, 0) is 4.79 Å². The van der Waals surface area contributed by atoms with E-state index in [4.69, 9.17) is 23.2 Å². The van der Waals surface area contributed by atoms with E-state index in [0.717, 1.165) is 11.3 Å². The third-order valence-electron chi connectivity index (χ3n) is 4.26. The van der Waals surface area contributed by atoms with E-state index in [0.29, 0.717) is 36.0 Å². The number of carboxylic acids is 1. The zero-order valence-electron chi connectivity index (χ0n) is 16.3. The van der Waals surface area contributed by atoms with Crippen LogP contribution in [0.2, 0.25) is 0 Å². The number of phenolic OH excluding ortho intramolecular Hbond substituents is 1. The van der Waals surface area contributed by atoms with Crippen LogP contribution in [0.3, 0.4) is 0 Å². The van der Waals surface area contributed by atoms with Gasteiger partial charge in [-0.25, -0.2) is 0 Å². The minimum absolute atomic E-state index is 0. The number of rotatable bonds is 9. The largest absolute Gasteiger partial charge is 1.00 e. The number of benzene rings is 2. The van der Waals surface area contributed by atoms with Gasteiger partial charge in [0.05, 0.1) is 12.0 Å². The molecule has 0 aliphatic rings. The monoisotopic (exact) mass is 446 g/mol. The molecular weight excluding hydrogens is 426 g/mol. The minimum Gasteiger partial charge on any atom is -0.548 e. The first-order chi connectivity index (χ1) is 13.4. The number of carbonyl (C=O) groups is 2. The molecule has 0 heterocycles. The van der Waals surface area contributed by atoms with Crippen molar-refractivity contribution in [3.63, 3.8) is 0 Å². The number of hydrogen-bond acceptors (Lipinski definition) is 5. The molecule has 0 aliphatic heterocycles. The van der Waals surface area contributed by atoms with Gasteiger partial charge in [-0.05, 0) is 42.3 Å². The van der Waals surface area contributed by atoms with Crippen LogP contribution in [0.5, 0.6) is 5.75 Å². The average Bonchev–Trinajstić information content (AvgIpc) is 2.67. The van der Waals surface area contributed by atoms with Crippen LogP contribution in [0.25, 0.3) is 0 Å². The number of nitrogens with one attached hydrogen (secondary N) is 1.